The van der Waals surface area contributed by atoms with Crippen LogP contribution in [0, 0.1) is 0 Å². The first-order chi connectivity index (χ1) is 5.74. The van der Waals surface area contributed by atoms with Crippen molar-refractivity contribution in [1.82, 2.24) is 0 Å². The van der Waals surface area contributed by atoms with Gasteiger partial charge in [-0.25, -0.2) is 4.79 Å². The molecule has 0 aliphatic heterocycles. The van der Waals surface area contributed by atoms with Crippen LogP contribution in [0.15, 0.2) is 12.7 Å². The lowest BCUT2D eigenvalue weighted by Crippen LogP contribution is -2.21. The number of esters is 1. The Bertz CT molecular complexity index is 144. The van der Waals surface area contributed by atoms with Gasteiger partial charge in [-0.15, -0.1) is 0 Å². The van der Waals surface area contributed by atoms with Gasteiger partial charge >= 0.3 is 15.3 Å². The maximum atomic E-state index is 10.6. The lowest BCUT2D eigenvalue weighted by Gasteiger charge is -2.08. The largest absolute Gasteiger partial charge is 0.463 e. The molecule has 4 nitrogen and oxygen atoms in total. The SMILES string of the molecule is C=CC(=O)OCC[Si](OC)OC. The minimum Gasteiger partial charge on any atom is -0.463 e. The van der Waals surface area contributed by atoms with Crippen molar-refractivity contribution in [2.45, 2.75) is 6.04 Å². The lowest BCUT2D eigenvalue weighted by atomic mass is 10.6. The van der Waals surface area contributed by atoms with Gasteiger partial charge in [0.15, 0.2) is 0 Å². The molecule has 0 unspecified atom stereocenters. The maximum absolute atomic E-state index is 10.6. The van der Waals surface area contributed by atoms with Crippen LogP contribution in [-0.4, -0.2) is 36.1 Å². The van der Waals surface area contributed by atoms with E-state index >= 15 is 0 Å². The fourth-order valence-electron chi connectivity index (χ4n) is 0.581. The Hall–Kier alpha value is -0.653. The summed E-state index contributed by atoms with van der Waals surface area (Å²) < 4.78 is 14.7. The average molecular weight is 189 g/mol. The van der Waals surface area contributed by atoms with Crippen LogP contribution in [0.2, 0.25) is 6.04 Å². The van der Waals surface area contributed by atoms with Crippen molar-refractivity contribution >= 4 is 15.3 Å². The quantitative estimate of drug-likeness (QED) is 0.347. The van der Waals surface area contributed by atoms with E-state index in [2.05, 4.69) is 6.58 Å². The van der Waals surface area contributed by atoms with E-state index in [1.54, 1.807) is 14.2 Å². The predicted molar refractivity (Wildman–Crippen MR) is 45.7 cm³/mol. The highest BCUT2D eigenvalue weighted by Crippen LogP contribution is 1.95. The van der Waals surface area contributed by atoms with Crippen molar-refractivity contribution in [2.24, 2.45) is 0 Å². The Morgan fingerprint density at radius 2 is 2.08 bits per heavy atom. The highest BCUT2D eigenvalue weighted by molar-refractivity contribution is 6.44. The Morgan fingerprint density at radius 1 is 1.50 bits per heavy atom. The zero-order valence-corrected chi connectivity index (χ0v) is 8.33. The second-order valence-electron chi connectivity index (χ2n) is 1.90. The van der Waals surface area contributed by atoms with E-state index in [1.165, 1.54) is 0 Å². The van der Waals surface area contributed by atoms with Crippen molar-refractivity contribution in [3.8, 4) is 0 Å². The molecule has 5 heteroatoms. The fourth-order valence-corrected chi connectivity index (χ4v) is 1.42. The second kappa shape index (κ2) is 7.02. The molecule has 0 N–H and O–H groups in total. The number of hydrogen-bond acceptors (Lipinski definition) is 4. The van der Waals surface area contributed by atoms with Gasteiger partial charge in [-0.2, -0.15) is 0 Å². The van der Waals surface area contributed by atoms with E-state index in [4.69, 9.17) is 13.6 Å². The zero-order chi connectivity index (χ0) is 9.40. The van der Waals surface area contributed by atoms with Gasteiger partial charge in [0.1, 0.15) is 0 Å². The van der Waals surface area contributed by atoms with E-state index in [-0.39, 0.29) is 0 Å². The fraction of sp³-hybridized carbons (Fsp3) is 0.571. The van der Waals surface area contributed by atoms with Crippen molar-refractivity contribution < 1.29 is 18.4 Å². The van der Waals surface area contributed by atoms with Gasteiger partial charge in [-0.1, -0.05) is 6.58 Å². The summed E-state index contributed by atoms with van der Waals surface area (Å²) in [4.78, 5) is 10.6. The normalized spacial score (nSPS) is 9.92. The summed E-state index contributed by atoms with van der Waals surface area (Å²) in [5.41, 5.74) is 0. The summed E-state index contributed by atoms with van der Waals surface area (Å²) in [5, 5.41) is 0. The van der Waals surface area contributed by atoms with Crippen molar-refractivity contribution in [1.29, 1.82) is 0 Å². The zero-order valence-electron chi connectivity index (χ0n) is 7.33. The standard InChI is InChI=1S/C7H13O4Si/c1-4-7(8)11-5-6-12(9-2)10-3/h4H,1,5-6H2,2-3H3. The van der Waals surface area contributed by atoms with E-state index in [0.29, 0.717) is 12.7 Å². The molecule has 0 rings (SSSR count). The summed E-state index contributed by atoms with van der Waals surface area (Å²) in [5.74, 6) is -0.413. The molecule has 12 heavy (non-hydrogen) atoms. The predicted octanol–water partition coefficient (Wildman–Crippen LogP) is 0.497. The molecular formula is C7H13O4Si. The molecule has 0 fully saturated rings. The molecule has 69 valence electrons. The van der Waals surface area contributed by atoms with Gasteiger partial charge in [-0.3, -0.25) is 0 Å². The Morgan fingerprint density at radius 3 is 2.50 bits per heavy atom. The first-order valence-corrected chi connectivity index (χ1v) is 5.00. The number of rotatable bonds is 6. The third-order valence-corrected chi connectivity index (χ3v) is 2.70. The summed E-state index contributed by atoms with van der Waals surface area (Å²) >= 11 is 0. The highest BCUT2D eigenvalue weighted by atomic mass is 28.3. The minimum absolute atomic E-state index is 0.320. The molecule has 0 aliphatic carbocycles. The van der Waals surface area contributed by atoms with Crippen LogP contribution in [-0.2, 0) is 18.4 Å². The van der Waals surface area contributed by atoms with Gasteiger partial charge in [0.05, 0.1) is 6.61 Å². The molecule has 0 aromatic heterocycles. The Kier molecular flexibility index (Phi) is 6.64. The number of carbonyl (C=O) groups excluding carboxylic acids is 1. The van der Waals surface area contributed by atoms with Gasteiger partial charge in [-0.05, 0) is 0 Å². The number of hydrogen-bond donors (Lipinski definition) is 0. The molecule has 0 atom stereocenters. The molecule has 0 spiro atoms. The van der Waals surface area contributed by atoms with Crippen LogP contribution in [0.1, 0.15) is 0 Å². The number of ether oxygens (including phenoxy) is 1. The van der Waals surface area contributed by atoms with Crippen LogP contribution in [0.3, 0.4) is 0 Å². The molecule has 0 saturated carbocycles. The van der Waals surface area contributed by atoms with Crippen molar-refractivity contribution in [3.63, 3.8) is 0 Å². The Labute approximate surface area is 74.0 Å². The second-order valence-corrected chi connectivity index (χ2v) is 3.96. The average Bonchev–Trinajstić information content (AvgIpc) is 2.12. The van der Waals surface area contributed by atoms with Crippen molar-refractivity contribution in [2.75, 3.05) is 20.8 Å². The highest BCUT2D eigenvalue weighted by Gasteiger charge is 2.11. The van der Waals surface area contributed by atoms with Crippen LogP contribution in [0.4, 0.5) is 0 Å². The topological polar surface area (TPSA) is 44.8 Å². The van der Waals surface area contributed by atoms with Crippen LogP contribution in [0.25, 0.3) is 0 Å². The van der Waals surface area contributed by atoms with Gasteiger partial charge in [0, 0.05) is 26.3 Å². The van der Waals surface area contributed by atoms with Gasteiger partial charge < -0.3 is 13.6 Å². The first kappa shape index (κ1) is 11.3. The lowest BCUT2D eigenvalue weighted by molar-refractivity contribution is -0.137. The molecule has 0 aromatic rings. The van der Waals surface area contributed by atoms with Gasteiger partial charge in [0.2, 0.25) is 0 Å². The third-order valence-electron chi connectivity index (χ3n) is 1.17. The molecule has 1 radical (unpaired) electrons. The minimum atomic E-state index is -1.24. The smallest absolute Gasteiger partial charge is 0.387 e. The van der Waals surface area contributed by atoms with Crippen molar-refractivity contribution in [3.05, 3.63) is 12.7 Å². The molecular weight excluding hydrogens is 176 g/mol. The summed E-state index contributed by atoms with van der Waals surface area (Å²) in [7, 11) is 1.91. The van der Waals surface area contributed by atoms with Crippen LogP contribution >= 0.6 is 0 Å². The third kappa shape index (κ3) is 5.06. The molecule has 0 saturated heterocycles. The van der Waals surface area contributed by atoms with E-state index in [0.717, 1.165) is 6.08 Å². The van der Waals surface area contributed by atoms with E-state index in [1.807, 2.05) is 0 Å². The molecule has 0 aliphatic rings. The summed E-state index contributed by atoms with van der Waals surface area (Å²) in [6, 6.07) is 0.622. The molecule has 0 bridgehead atoms. The summed E-state index contributed by atoms with van der Waals surface area (Å²) in [6.45, 7) is 3.59. The van der Waals surface area contributed by atoms with Crippen LogP contribution in [0.5, 0.6) is 0 Å². The number of carbonyl (C=O) groups is 1. The molecule has 0 amide bonds. The summed E-state index contributed by atoms with van der Waals surface area (Å²) in [6.07, 6.45) is 1.13. The molecule has 0 aromatic carbocycles. The monoisotopic (exact) mass is 189 g/mol. The Balaban J connectivity index is 3.40. The van der Waals surface area contributed by atoms with Crippen LogP contribution < -0.4 is 0 Å². The maximum Gasteiger partial charge on any atom is 0.387 e. The molecule has 0 heterocycles. The van der Waals surface area contributed by atoms with E-state index < -0.39 is 15.3 Å². The first-order valence-electron chi connectivity index (χ1n) is 3.47. The van der Waals surface area contributed by atoms with Gasteiger partial charge in [0.25, 0.3) is 0 Å². The van der Waals surface area contributed by atoms with E-state index in [9.17, 15) is 4.79 Å².